The average molecular weight is 191 g/mol. The van der Waals surface area contributed by atoms with E-state index in [0.717, 1.165) is 19.5 Å². The molecule has 14 heavy (non-hydrogen) atoms. The van der Waals surface area contributed by atoms with Crippen LogP contribution in [0.5, 0.6) is 0 Å². The summed E-state index contributed by atoms with van der Waals surface area (Å²) in [5, 5.41) is 3.47. The largest absolute Gasteiger partial charge is 0.316 e. The topological polar surface area (TPSA) is 12.0 Å². The lowest BCUT2D eigenvalue weighted by Crippen LogP contribution is -2.28. The third-order valence-electron chi connectivity index (χ3n) is 2.09. The Kier molecular flexibility index (Phi) is 4.15. The van der Waals surface area contributed by atoms with E-state index < -0.39 is 0 Å². The Bertz CT molecular complexity index is 246. The van der Waals surface area contributed by atoms with E-state index in [1.54, 1.807) is 0 Å². The molecule has 0 radical (unpaired) electrons. The summed E-state index contributed by atoms with van der Waals surface area (Å²) in [6.07, 6.45) is 1.12. The van der Waals surface area contributed by atoms with Gasteiger partial charge in [0.1, 0.15) is 0 Å². The van der Waals surface area contributed by atoms with E-state index in [4.69, 9.17) is 0 Å². The van der Waals surface area contributed by atoms with Gasteiger partial charge in [-0.25, -0.2) is 0 Å². The van der Waals surface area contributed by atoms with Crippen molar-refractivity contribution in [2.75, 3.05) is 13.1 Å². The molecule has 1 rings (SSSR count). The first-order valence-corrected chi connectivity index (χ1v) is 5.32. The van der Waals surface area contributed by atoms with Gasteiger partial charge in [-0.3, -0.25) is 0 Å². The normalized spacial score (nSPS) is 11.6. The Labute approximate surface area is 87.5 Å². The Morgan fingerprint density at radius 3 is 2.29 bits per heavy atom. The van der Waals surface area contributed by atoms with Crippen LogP contribution >= 0.6 is 0 Å². The monoisotopic (exact) mass is 191 g/mol. The van der Waals surface area contributed by atoms with Gasteiger partial charge in [-0.15, -0.1) is 0 Å². The molecule has 0 aliphatic heterocycles. The molecule has 0 saturated carbocycles. The first-order chi connectivity index (χ1) is 6.58. The maximum absolute atomic E-state index is 3.47. The smallest absolute Gasteiger partial charge is 0.000000406 e. The van der Waals surface area contributed by atoms with Crippen LogP contribution in [0.4, 0.5) is 0 Å². The molecule has 0 aromatic heterocycles. The minimum atomic E-state index is 0.386. The van der Waals surface area contributed by atoms with Crippen molar-refractivity contribution in [3.8, 4) is 0 Å². The minimum Gasteiger partial charge on any atom is -0.316 e. The molecule has 1 N–H and O–H groups in total. The second kappa shape index (κ2) is 5.16. The van der Waals surface area contributed by atoms with Crippen molar-refractivity contribution in [2.24, 2.45) is 5.41 Å². The molecule has 0 heterocycles. The summed E-state index contributed by atoms with van der Waals surface area (Å²) >= 11 is 0. The summed E-state index contributed by atoms with van der Waals surface area (Å²) in [4.78, 5) is 0. The molecule has 0 aliphatic rings. The first kappa shape index (κ1) is 11.3. The second-order valence-electron chi connectivity index (χ2n) is 4.97. The summed E-state index contributed by atoms with van der Waals surface area (Å²) in [7, 11) is 0. The number of nitrogens with one attached hydrogen (secondary N) is 1. The first-order valence-electron chi connectivity index (χ1n) is 5.32. The fraction of sp³-hybridized carbons (Fsp3) is 0.538. The Morgan fingerprint density at radius 2 is 1.71 bits per heavy atom. The molecule has 1 nitrogen and oxygen atoms in total. The molecule has 1 aromatic rings. The zero-order valence-electron chi connectivity index (χ0n) is 9.51. The van der Waals surface area contributed by atoms with E-state index in [1.165, 1.54) is 5.56 Å². The molecule has 0 spiro atoms. The highest BCUT2D eigenvalue weighted by Crippen LogP contribution is 2.10. The van der Waals surface area contributed by atoms with Crippen molar-refractivity contribution in [3.63, 3.8) is 0 Å². The minimum absolute atomic E-state index is 0.386. The van der Waals surface area contributed by atoms with Gasteiger partial charge >= 0.3 is 0 Å². The molecule has 0 fully saturated rings. The zero-order chi connectivity index (χ0) is 10.4. The molecule has 1 aromatic carbocycles. The van der Waals surface area contributed by atoms with E-state index in [0.29, 0.717) is 5.41 Å². The highest BCUT2D eigenvalue weighted by Gasteiger charge is 2.08. The maximum atomic E-state index is 3.47. The Hall–Kier alpha value is -0.820. The molecule has 0 amide bonds. The van der Waals surface area contributed by atoms with Crippen molar-refractivity contribution in [3.05, 3.63) is 35.9 Å². The fourth-order valence-electron chi connectivity index (χ4n) is 1.34. The molecular weight excluding hydrogens is 170 g/mol. The molecule has 78 valence electrons. The van der Waals surface area contributed by atoms with Crippen LogP contribution < -0.4 is 5.32 Å². The molecule has 0 aliphatic carbocycles. The number of hydrogen-bond acceptors (Lipinski definition) is 1. The van der Waals surface area contributed by atoms with Gasteiger partial charge in [0.05, 0.1) is 0 Å². The highest BCUT2D eigenvalue weighted by atomic mass is 14.9. The highest BCUT2D eigenvalue weighted by molar-refractivity contribution is 5.14. The van der Waals surface area contributed by atoms with E-state index in [2.05, 4.69) is 56.4 Å². The summed E-state index contributed by atoms with van der Waals surface area (Å²) < 4.78 is 0. The van der Waals surface area contributed by atoms with E-state index in [-0.39, 0.29) is 0 Å². The zero-order valence-corrected chi connectivity index (χ0v) is 9.51. The third-order valence-corrected chi connectivity index (χ3v) is 2.09. The van der Waals surface area contributed by atoms with Crippen molar-refractivity contribution in [1.82, 2.24) is 5.32 Å². The van der Waals surface area contributed by atoms with Crippen LogP contribution in [0.3, 0.4) is 0 Å². The van der Waals surface area contributed by atoms with Gasteiger partial charge in [-0.2, -0.15) is 0 Å². The van der Waals surface area contributed by atoms with Gasteiger partial charge in [-0.1, -0.05) is 51.1 Å². The number of benzene rings is 1. The van der Waals surface area contributed by atoms with Crippen molar-refractivity contribution < 1.29 is 0 Å². The lowest BCUT2D eigenvalue weighted by atomic mass is 9.97. The predicted octanol–water partition coefficient (Wildman–Crippen LogP) is 2.86. The standard InChI is InChI=1S/C13H21N/c1-13(2,3)11-14-10-9-12-7-5-4-6-8-12/h4-8,14H,9-11H2,1-3H3. The van der Waals surface area contributed by atoms with Crippen LogP contribution in [0.15, 0.2) is 30.3 Å². The van der Waals surface area contributed by atoms with Gasteiger partial charge in [0, 0.05) is 6.54 Å². The molecule has 0 bridgehead atoms. The van der Waals surface area contributed by atoms with Crippen LogP contribution in [-0.2, 0) is 6.42 Å². The van der Waals surface area contributed by atoms with Gasteiger partial charge in [0.25, 0.3) is 0 Å². The summed E-state index contributed by atoms with van der Waals surface area (Å²) in [6, 6.07) is 10.6. The lowest BCUT2D eigenvalue weighted by Gasteiger charge is -2.18. The maximum Gasteiger partial charge on any atom is 0.000000406 e. The third kappa shape index (κ3) is 5.03. The van der Waals surface area contributed by atoms with Gasteiger partial charge in [0.2, 0.25) is 0 Å². The average Bonchev–Trinajstić information content (AvgIpc) is 2.13. The fourth-order valence-corrected chi connectivity index (χ4v) is 1.34. The Morgan fingerprint density at radius 1 is 1.07 bits per heavy atom. The summed E-state index contributed by atoms with van der Waals surface area (Å²) in [6.45, 7) is 8.91. The van der Waals surface area contributed by atoms with Crippen molar-refractivity contribution in [1.29, 1.82) is 0 Å². The predicted molar refractivity (Wildman–Crippen MR) is 62.5 cm³/mol. The van der Waals surface area contributed by atoms with Crippen molar-refractivity contribution >= 4 is 0 Å². The quantitative estimate of drug-likeness (QED) is 0.722. The van der Waals surface area contributed by atoms with E-state index >= 15 is 0 Å². The van der Waals surface area contributed by atoms with Crippen LogP contribution in [0.25, 0.3) is 0 Å². The number of hydrogen-bond donors (Lipinski definition) is 1. The second-order valence-corrected chi connectivity index (χ2v) is 4.97. The van der Waals surface area contributed by atoms with E-state index in [1.807, 2.05) is 0 Å². The van der Waals surface area contributed by atoms with Crippen LogP contribution in [0.1, 0.15) is 26.3 Å². The molecule has 0 saturated heterocycles. The van der Waals surface area contributed by atoms with Crippen LogP contribution in [0, 0.1) is 5.41 Å². The van der Waals surface area contributed by atoms with E-state index in [9.17, 15) is 0 Å². The molecule has 1 heteroatoms. The van der Waals surface area contributed by atoms with Crippen LogP contribution in [0.2, 0.25) is 0 Å². The molecular formula is C13H21N. The van der Waals surface area contributed by atoms with Gasteiger partial charge in [0.15, 0.2) is 0 Å². The Balaban J connectivity index is 2.17. The lowest BCUT2D eigenvalue weighted by molar-refractivity contribution is 0.381. The van der Waals surface area contributed by atoms with Gasteiger partial charge in [-0.05, 0) is 23.9 Å². The SMILES string of the molecule is CC(C)(C)CNCCc1ccccc1. The number of rotatable bonds is 4. The molecule has 0 atom stereocenters. The van der Waals surface area contributed by atoms with Crippen molar-refractivity contribution in [2.45, 2.75) is 27.2 Å². The summed E-state index contributed by atoms with van der Waals surface area (Å²) in [5.41, 5.74) is 1.80. The van der Waals surface area contributed by atoms with Gasteiger partial charge < -0.3 is 5.32 Å². The van der Waals surface area contributed by atoms with Crippen LogP contribution in [-0.4, -0.2) is 13.1 Å². The molecule has 0 unspecified atom stereocenters. The summed E-state index contributed by atoms with van der Waals surface area (Å²) in [5.74, 6) is 0.